The number of halogens is 1. The second-order valence-corrected chi connectivity index (χ2v) is 5.08. The van der Waals surface area contributed by atoms with Gasteiger partial charge in [0.25, 0.3) is 5.91 Å². The number of nitrogens with one attached hydrogen (secondary N) is 2. The Labute approximate surface area is 130 Å². The van der Waals surface area contributed by atoms with Gasteiger partial charge in [-0.15, -0.1) is 12.4 Å². The average Bonchev–Trinajstić information content (AvgIpc) is 3.11. The third-order valence-corrected chi connectivity index (χ3v) is 3.48. The van der Waals surface area contributed by atoms with Crippen molar-refractivity contribution in [1.82, 2.24) is 20.4 Å². The summed E-state index contributed by atoms with van der Waals surface area (Å²) in [5.74, 6) is -0.0435. The van der Waals surface area contributed by atoms with Crippen molar-refractivity contribution >= 4 is 18.3 Å². The van der Waals surface area contributed by atoms with E-state index >= 15 is 0 Å². The topological polar surface area (TPSA) is 59.0 Å². The van der Waals surface area contributed by atoms with Crippen LogP contribution in [-0.2, 0) is 6.54 Å². The van der Waals surface area contributed by atoms with E-state index < -0.39 is 0 Å². The van der Waals surface area contributed by atoms with Crippen LogP contribution in [0.5, 0.6) is 0 Å². The van der Waals surface area contributed by atoms with Gasteiger partial charge in [-0.25, -0.2) is 0 Å². The summed E-state index contributed by atoms with van der Waals surface area (Å²) in [6, 6.07) is 10.3. The van der Waals surface area contributed by atoms with Crippen LogP contribution < -0.4 is 10.6 Å². The number of aromatic nitrogens is 2. The Morgan fingerprint density at radius 1 is 1.38 bits per heavy atom. The molecule has 5 nitrogen and oxygen atoms in total. The highest BCUT2D eigenvalue weighted by atomic mass is 35.5. The molecule has 1 aromatic heterocycles. The molecular weight excluding hydrogens is 288 g/mol. The first-order valence-electron chi connectivity index (χ1n) is 6.89. The lowest BCUT2D eigenvalue weighted by Gasteiger charge is -2.09. The number of carbonyl (C=O) groups is 1. The van der Waals surface area contributed by atoms with Crippen LogP contribution >= 0.6 is 12.4 Å². The molecule has 0 saturated carbocycles. The maximum atomic E-state index is 12.1. The predicted octanol–water partition coefficient (Wildman–Crippen LogP) is 1.44. The van der Waals surface area contributed by atoms with Crippen molar-refractivity contribution in [3.63, 3.8) is 0 Å². The summed E-state index contributed by atoms with van der Waals surface area (Å²) < 4.78 is 1.79. The third kappa shape index (κ3) is 4.06. The number of hydrogen-bond donors (Lipinski definition) is 2. The number of benzene rings is 1. The van der Waals surface area contributed by atoms with Crippen molar-refractivity contribution in [1.29, 1.82) is 0 Å². The molecule has 0 spiro atoms. The monoisotopic (exact) mass is 306 g/mol. The zero-order valence-corrected chi connectivity index (χ0v) is 12.5. The van der Waals surface area contributed by atoms with E-state index in [-0.39, 0.29) is 24.4 Å². The Balaban J connectivity index is 0.00000161. The van der Waals surface area contributed by atoms with Gasteiger partial charge < -0.3 is 10.6 Å². The molecule has 112 valence electrons. The van der Waals surface area contributed by atoms with Crippen molar-refractivity contribution in [2.75, 3.05) is 13.1 Å². The van der Waals surface area contributed by atoms with E-state index in [2.05, 4.69) is 15.7 Å². The lowest BCUT2D eigenvalue weighted by atomic mass is 10.2. The molecule has 2 heterocycles. The molecule has 0 bridgehead atoms. The first-order valence-corrected chi connectivity index (χ1v) is 6.89. The molecule has 1 amide bonds. The molecule has 1 aliphatic rings. The molecule has 0 radical (unpaired) electrons. The zero-order valence-electron chi connectivity index (χ0n) is 11.7. The van der Waals surface area contributed by atoms with E-state index in [9.17, 15) is 4.79 Å². The van der Waals surface area contributed by atoms with Crippen LogP contribution in [0.2, 0.25) is 0 Å². The summed E-state index contributed by atoms with van der Waals surface area (Å²) in [6.07, 6.45) is 4.41. The minimum atomic E-state index is -0.0435. The van der Waals surface area contributed by atoms with Crippen LogP contribution in [0.1, 0.15) is 22.3 Å². The summed E-state index contributed by atoms with van der Waals surface area (Å²) in [7, 11) is 0. The maximum Gasteiger partial charge on any atom is 0.254 e. The van der Waals surface area contributed by atoms with Gasteiger partial charge in [0.2, 0.25) is 0 Å². The Kier molecular flexibility index (Phi) is 5.36. The fourth-order valence-electron chi connectivity index (χ4n) is 2.38. The molecule has 0 aliphatic carbocycles. The fourth-order valence-corrected chi connectivity index (χ4v) is 2.38. The van der Waals surface area contributed by atoms with Crippen LogP contribution in [-0.4, -0.2) is 34.8 Å². The highest BCUT2D eigenvalue weighted by molar-refractivity contribution is 5.93. The third-order valence-electron chi connectivity index (χ3n) is 3.48. The van der Waals surface area contributed by atoms with E-state index in [1.165, 1.54) is 5.56 Å². The van der Waals surface area contributed by atoms with Gasteiger partial charge in [-0.1, -0.05) is 30.3 Å². The number of rotatable bonds is 4. The molecule has 1 atom stereocenters. The summed E-state index contributed by atoms with van der Waals surface area (Å²) in [6.45, 7) is 2.50. The normalized spacial score (nSPS) is 17.2. The summed E-state index contributed by atoms with van der Waals surface area (Å²) in [4.78, 5) is 12.1. The Bertz CT molecular complexity index is 578. The number of nitrogens with zero attached hydrogens (tertiary/aromatic N) is 2. The first-order chi connectivity index (χ1) is 9.81. The van der Waals surface area contributed by atoms with Gasteiger partial charge in [0.15, 0.2) is 0 Å². The predicted molar refractivity (Wildman–Crippen MR) is 83.8 cm³/mol. The Morgan fingerprint density at radius 2 is 2.19 bits per heavy atom. The smallest absolute Gasteiger partial charge is 0.254 e. The van der Waals surface area contributed by atoms with E-state index in [0.29, 0.717) is 12.1 Å². The van der Waals surface area contributed by atoms with Crippen molar-refractivity contribution in [2.45, 2.75) is 19.0 Å². The van der Waals surface area contributed by atoms with Gasteiger partial charge in [0.05, 0.1) is 18.3 Å². The molecular formula is C15H19ClN4O. The molecule has 1 unspecified atom stereocenters. The lowest BCUT2D eigenvalue weighted by molar-refractivity contribution is 0.0940. The summed E-state index contributed by atoms with van der Waals surface area (Å²) in [5.41, 5.74) is 1.79. The van der Waals surface area contributed by atoms with Crippen LogP contribution in [0.25, 0.3) is 0 Å². The molecule has 2 aromatic rings. The van der Waals surface area contributed by atoms with Gasteiger partial charge in [0, 0.05) is 18.8 Å². The van der Waals surface area contributed by atoms with Crippen molar-refractivity contribution in [3.8, 4) is 0 Å². The lowest BCUT2D eigenvalue weighted by Crippen LogP contribution is -2.36. The van der Waals surface area contributed by atoms with E-state index in [4.69, 9.17) is 0 Å². The molecule has 1 aliphatic heterocycles. The van der Waals surface area contributed by atoms with Crippen molar-refractivity contribution in [2.24, 2.45) is 0 Å². The SMILES string of the molecule is Cl.O=C(NC1CCNC1)c1cnn(Cc2ccccc2)c1. The largest absolute Gasteiger partial charge is 0.348 e. The quantitative estimate of drug-likeness (QED) is 0.899. The number of hydrogen-bond acceptors (Lipinski definition) is 3. The average molecular weight is 307 g/mol. The summed E-state index contributed by atoms with van der Waals surface area (Å²) in [5, 5.41) is 10.5. The second-order valence-electron chi connectivity index (χ2n) is 5.08. The van der Waals surface area contributed by atoms with E-state index in [0.717, 1.165) is 19.5 Å². The first kappa shape index (κ1) is 15.5. The van der Waals surface area contributed by atoms with Crippen LogP contribution in [0, 0.1) is 0 Å². The zero-order chi connectivity index (χ0) is 13.8. The molecule has 2 N–H and O–H groups in total. The minimum absolute atomic E-state index is 0. The molecule has 1 saturated heterocycles. The standard InChI is InChI=1S/C15H18N4O.ClH/c20-15(18-14-6-7-16-9-14)13-8-17-19(11-13)10-12-4-2-1-3-5-12;/h1-5,8,11,14,16H,6-7,9-10H2,(H,18,20);1H. The number of carbonyl (C=O) groups excluding carboxylic acids is 1. The van der Waals surface area contributed by atoms with E-state index in [1.54, 1.807) is 17.1 Å². The molecule has 21 heavy (non-hydrogen) atoms. The number of amides is 1. The Morgan fingerprint density at radius 3 is 2.90 bits per heavy atom. The van der Waals surface area contributed by atoms with Crippen molar-refractivity contribution < 1.29 is 4.79 Å². The minimum Gasteiger partial charge on any atom is -0.348 e. The van der Waals surface area contributed by atoms with Crippen molar-refractivity contribution in [3.05, 3.63) is 53.9 Å². The van der Waals surface area contributed by atoms with Gasteiger partial charge in [-0.2, -0.15) is 5.10 Å². The van der Waals surface area contributed by atoms with Crippen LogP contribution in [0.3, 0.4) is 0 Å². The molecule has 1 fully saturated rings. The van der Waals surface area contributed by atoms with Gasteiger partial charge >= 0.3 is 0 Å². The van der Waals surface area contributed by atoms with Gasteiger partial charge in [-0.05, 0) is 18.5 Å². The van der Waals surface area contributed by atoms with Crippen LogP contribution in [0.4, 0.5) is 0 Å². The summed E-state index contributed by atoms with van der Waals surface area (Å²) >= 11 is 0. The second kappa shape index (κ2) is 7.24. The molecule has 3 rings (SSSR count). The van der Waals surface area contributed by atoms with E-state index in [1.807, 2.05) is 30.3 Å². The highest BCUT2D eigenvalue weighted by Gasteiger charge is 2.18. The Hall–Kier alpha value is -1.85. The molecule has 6 heteroatoms. The fraction of sp³-hybridized carbons (Fsp3) is 0.333. The van der Waals surface area contributed by atoms with Gasteiger partial charge in [-0.3, -0.25) is 9.48 Å². The maximum absolute atomic E-state index is 12.1. The van der Waals surface area contributed by atoms with Crippen LogP contribution in [0.15, 0.2) is 42.7 Å². The van der Waals surface area contributed by atoms with Gasteiger partial charge in [0.1, 0.15) is 0 Å². The molecule has 1 aromatic carbocycles. The highest BCUT2D eigenvalue weighted by Crippen LogP contribution is 2.05.